The van der Waals surface area contributed by atoms with Gasteiger partial charge in [0, 0.05) is 13.3 Å². The van der Waals surface area contributed by atoms with E-state index in [0.717, 1.165) is 17.9 Å². The average molecular weight is 472 g/mol. The fourth-order valence-corrected chi connectivity index (χ4v) is 3.97. The molecule has 1 aromatic carbocycles. The Labute approximate surface area is 206 Å². The van der Waals surface area contributed by atoms with Gasteiger partial charge in [0.15, 0.2) is 11.4 Å². The molecule has 0 aliphatic rings. The van der Waals surface area contributed by atoms with Gasteiger partial charge in [-0.1, -0.05) is 90.2 Å². The molecule has 0 saturated heterocycles. The van der Waals surface area contributed by atoms with Crippen molar-refractivity contribution in [3.63, 3.8) is 0 Å². The van der Waals surface area contributed by atoms with E-state index in [4.69, 9.17) is 14.9 Å². The number of carbonyl (C=O) groups is 2. The van der Waals surface area contributed by atoms with E-state index < -0.39 is 11.8 Å². The van der Waals surface area contributed by atoms with Gasteiger partial charge in [0.25, 0.3) is 0 Å². The Balaban J connectivity index is 2.44. The summed E-state index contributed by atoms with van der Waals surface area (Å²) >= 11 is 0. The molecule has 0 aromatic heterocycles. The summed E-state index contributed by atoms with van der Waals surface area (Å²) < 4.78 is 11.2. The molecule has 1 rings (SSSR count). The minimum Gasteiger partial charge on any atom is -0.493 e. The van der Waals surface area contributed by atoms with Crippen LogP contribution in [0.5, 0.6) is 5.75 Å². The van der Waals surface area contributed by atoms with Crippen molar-refractivity contribution in [3.05, 3.63) is 35.4 Å². The number of unbranched alkanes of at least 4 members (excludes halogenated alkanes) is 8. The Morgan fingerprint density at radius 3 is 2.00 bits per heavy atom. The first kappa shape index (κ1) is 29.6. The molecule has 5 heteroatoms. The summed E-state index contributed by atoms with van der Waals surface area (Å²) in [6.45, 7) is 6.65. The first-order valence-corrected chi connectivity index (χ1v) is 13.2. The molecule has 0 fully saturated rings. The second-order valence-electron chi connectivity index (χ2n) is 9.17. The fourth-order valence-electron chi connectivity index (χ4n) is 3.97. The van der Waals surface area contributed by atoms with Crippen LogP contribution in [-0.4, -0.2) is 30.8 Å². The number of rotatable bonds is 20. The van der Waals surface area contributed by atoms with Crippen LogP contribution in [0, 0.1) is 11.3 Å². The van der Waals surface area contributed by atoms with Gasteiger partial charge in [-0.15, -0.1) is 0 Å². The number of hydrogen-bond donors (Lipinski definition) is 1. The molecule has 1 N–H and O–H groups in total. The molecule has 34 heavy (non-hydrogen) atoms. The number of ether oxygens (including phenoxy) is 2. The highest BCUT2D eigenvalue weighted by molar-refractivity contribution is 6.22. The van der Waals surface area contributed by atoms with E-state index >= 15 is 0 Å². The van der Waals surface area contributed by atoms with E-state index in [1.807, 2.05) is 30.1 Å². The molecule has 0 saturated carbocycles. The third kappa shape index (κ3) is 13.3. The van der Waals surface area contributed by atoms with Crippen molar-refractivity contribution >= 4 is 17.6 Å². The van der Waals surface area contributed by atoms with E-state index in [0.29, 0.717) is 12.3 Å². The van der Waals surface area contributed by atoms with Crippen LogP contribution in [0.2, 0.25) is 0 Å². The highest BCUT2D eigenvalue weighted by atomic mass is 16.5. The predicted octanol–water partition coefficient (Wildman–Crippen LogP) is 7.25. The molecule has 0 aliphatic heterocycles. The van der Waals surface area contributed by atoms with E-state index in [1.165, 1.54) is 84.0 Å². The molecular formula is C29H45NO4. The number of benzene rings is 1. The molecule has 190 valence electrons. The summed E-state index contributed by atoms with van der Waals surface area (Å²) in [4.78, 5) is 23.0. The number of carbonyl (C=O) groups excluding carboxylic acids is 2. The largest absolute Gasteiger partial charge is 0.493 e. The lowest BCUT2D eigenvalue weighted by Crippen LogP contribution is -2.15. The fraction of sp³-hybridized carbons (Fsp3) is 0.655. The Bertz CT molecular complexity index is 750. The summed E-state index contributed by atoms with van der Waals surface area (Å²) in [6, 6.07) is 7.89. The lowest BCUT2D eigenvalue weighted by Gasteiger charge is -2.18. The van der Waals surface area contributed by atoms with Crippen molar-refractivity contribution in [2.45, 2.75) is 104 Å². The molecule has 0 amide bonds. The van der Waals surface area contributed by atoms with Gasteiger partial charge in [-0.05, 0) is 42.3 Å². The summed E-state index contributed by atoms with van der Waals surface area (Å²) in [5.41, 5.74) is 0.667. The monoisotopic (exact) mass is 471 g/mol. The van der Waals surface area contributed by atoms with E-state index in [2.05, 4.69) is 13.8 Å². The van der Waals surface area contributed by atoms with Crippen molar-refractivity contribution in [3.8, 4) is 5.75 Å². The van der Waals surface area contributed by atoms with Crippen LogP contribution in [0.3, 0.4) is 0 Å². The van der Waals surface area contributed by atoms with Crippen LogP contribution in [0.1, 0.15) is 103 Å². The molecule has 0 heterocycles. The minimum atomic E-state index is -0.794. The molecule has 1 atom stereocenters. The second-order valence-corrected chi connectivity index (χ2v) is 9.17. The second kappa shape index (κ2) is 19.0. The summed E-state index contributed by atoms with van der Waals surface area (Å²) in [5.74, 6) is 2.02. The van der Waals surface area contributed by atoms with Gasteiger partial charge in [0.05, 0.1) is 13.2 Å². The van der Waals surface area contributed by atoms with E-state index in [9.17, 15) is 9.59 Å². The van der Waals surface area contributed by atoms with Crippen molar-refractivity contribution < 1.29 is 19.1 Å². The molecule has 5 nitrogen and oxygen atoms in total. The zero-order valence-electron chi connectivity index (χ0n) is 21.6. The lowest BCUT2D eigenvalue weighted by molar-refractivity contribution is -0.140. The van der Waals surface area contributed by atoms with E-state index in [-0.39, 0.29) is 12.2 Å². The van der Waals surface area contributed by atoms with Crippen LogP contribution >= 0.6 is 0 Å². The van der Waals surface area contributed by atoms with Crippen LogP contribution in [-0.2, 0) is 20.7 Å². The van der Waals surface area contributed by atoms with Gasteiger partial charge < -0.3 is 9.47 Å². The topological polar surface area (TPSA) is 76.5 Å². The summed E-state index contributed by atoms with van der Waals surface area (Å²) in [5, 5.41) is 7.02. The smallest absolute Gasteiger partial charge is 0.351 e. The molecular weight excluding hydrogens is 426 g/mol. The third-order valence-electron chi connectivity index (χ3n) is 6.15. The molecule has 1 aromatic rings. The zero-order chi connectivity index (χ0) is 25.0. The Hall–Kier alpha value is -2.39. The highest BCUT2D eigenvalue weighted by Gasteiger charge is 2.16. The maximum atomic E-state index is 11.8. The molecule has 0 aliphatic carbocycles. The van der Waals surface area contributed by atoms with Crippen LogP contribution in [0.4, 0.5) is 0 Å². The van der Waals surface area contributed by atoms with Crippen molar-refractivity contribution in [2.24, 2.45) is 5.92 Å². The standard InChI is InChI=1S/C29H45NO4/c1-4-6-8-10-11-13-15-26(14-12-9-7-5-2)23-34-27-18-16-25(17-19-27)20-21-33-29(32)28(22-30)24(3)31/h16-19,26,30H,4-15,20-21,23H2,1-3H3. The van der Waals surface area contributed by atoms with Gasteiger partial charge in [-0.3, -0.25) is 10.2 Å². The first-order chi connectivity index (χ1) is 16.5. The predicted molar refractivity (Wildman–Crippen MR) is 139 cm³/mol. The number of esters is 1. The summed E-state index contributed by atoms with van der Waals surface area (Å²) in [6.07, 6.45) is 16.2. The highest BCUT2D eigenvalue weighted by Crippen LogP contribution is 2.21. The Morgan fingerprint density at radius 2 is 1.44 bits per heavy atom. The van der Waals surface area contributed by atoms with Gasteiger partial charge in [0.2, 0.25) is 0 Å². The number of Topliss-reactive ketones (excluding diaryl/α,β-unsaturated/α-hetero) is 1. The normalized spacial score (nSPS) is 11.5. The zero-order valence-corrected chi connectivity index (χ0v) is 21.6. The van der Waals surface area contributed by atoms with E-state index in [1.54, 1.807) is 0 Å². The van der Waals surface area contributed by atoms with Gasteiger partial charge in [-0.2, -0.15) is 0 Å². The van der Waals surface area contributed by atoms with Crippen LogP contribution < -0.4 is 4.74 Å². The Morgan fingerprint density at radius 1 is 0.882 bits per heavy atom. The average Bonchev–Trinajstić information content (AvgIpc) is 2.83. The maximum absolute atomic E-state index is 11.8. The quantitative estimate of drug-likeness (QED) is 0.0542. The molecule has 1 unspecified atom stereocenters. The van der Waals surface area contributed by atoms with Crippen molar-refractivity contribution in [2.75, 3.05) is 13.2 Å². The summed E-state index contributed by atoms with van der Waals surface area (Å²) in [7, 11) is 0. The molecule has 0 spiro atoms. The van der Waals surface area contributed by atoms with Gasteiger partial charge >= 0.3 is 5.97 Å². The van der Waals surface area contributed by atoms with Crippen LogP contribution in [0.25, 0.3) is 0 Å². The van der Waals surface area contributed by atoms with Crippen molar-refractivity contribution in [1.82, 2.24) is 0 Å². The minimum absolute atomic E-state index is 0.148. The van der Waals surface area contributed by atoms with Crippen LogP contribution in [0.15, 0.2) is 29.8 Å². The van der Waals surface area contributed by atoms with Gasteiger partial charge in [0.1, 0.15) is 5.75 Å². The molecule has 0 radical (unpaired) electrons. The van der Waals surface area contributed by atoms with Gasteiger partial charge in [-0.25, -0.2) is 4.79 Å². The van der Waals surface area contributed by atoms with Crippen molar-refractivity contribution in [1.29, 1.82) is 5.41 Å². The molecule has 0 bridgehead atoms. The first-order valence-electron chi connectivity index (χ1n) is 13.2. The maximum Gasteiger partial charge on any atom is 0.351 e. The Kier molecular flexibility index (Phi) is 16.5. The number of hydrogen-bond acceptors (Lipinski definition) is 5. The third-order valence-corrected chi connectivity index (χ3v) is 6.15. The number of ketones is 1. The lowest BCUT2D eigenvalue weighted by atomic mass is 9.95. The SMILES string of the molecule is CCCCCCCCC(CCCCCC)COc1ccc(CCOC(=O)C(=C=N)C(C)=O)cc1. The number of nitrogens with one attached hydrogen (secondary N) is 1.